The van der Waals surface area contributed by atoms with Crippen LogP contribution in [0.1, 0.15) is 24.1 Å². The molecule has 1 aliphatic rings. The second-order valence-electron chi connectivity index (χ2n) is 6.11. The number of carbonyl (C=O) groups excluding carboxylic acids is 1. The van der Waals surface area contributed by atoms with Crippen molar-refractivity contribution in [3.05, 3.63) is 33.6 Å². The van der Waals surface area contributed by atoms with Gasteiger partial charge >= 0.3 is 6.03 Å². The predicted molar refractivity (Wildman–Crippen MR) is 98.3 cm³/mol. The van der Waals surface area contributed by atoms with Crippen LogP contribution in [-0.2, 0) is 7.05 Å². The van der Waals surface area contributed by atoms with E-state index in [1.807, 2.05) is 6.92 Å². The van der Waals surface area contributed by atoms with Gasteiger partial charge in [0.2, 0.25) is 0 Å². The first-order chi connectivity index (χ1) is 12.0. The number of nitrogens with zero attached hydrogens (tertiary/aromatic N) is 4. The first-order valence-electron chi connectivity index (χ1n) is 8.31. The van der Waals surface area contributed by atoms with Crippen molar-refractivity contribution in [2.45, 2.75) is 32.2 Å². The summed E-state index contributed by atoms with van der Waals surface area (Å²) in [5.41, 5.74) is -0.131. The fourth-order valence-corrected chi connectivity index (χ4v) is 3.58. The molecule has 3 heterocycles. The highest BCUT2D eigenvalue weighted by atomic mass is 32.1. The summed E-state index contributed by atoms with van der Waals surface area (Å²) in [4.78, 5) is 30.9. The molecule has 0 spiro atoms. The molecule has 1 aliphatic heterocycles. The molecule has 0 aromatic carbocycles. The minimum Gasteiger partial charge on any atom is -0.350 e. The zero-order chi connectivity index (χ0) is 17.8. The molecule has 0 aliphatic carbocycles. The smallest absolute Gasteiger partial charge is 0.321 e. The number of piperidine rings is 1. The lowest BCUT2D eigenvalue weighted by Crippen LogP contribution is -2.48. The van der Waals surface area contributed by atoms with Crippen molar-refractivity contribution < 1.29 is 4.79 Å². The number of aromatic nitrogens is 3. The number of aryl methyl sites for hydroxylation is 2. The average Bonchev–Trinajstić information content (AvgIpc) is 3.00. The Morgan fingerprint density at radius 2 is 2.24 bits per heavy atom. The number of hydrogen-bond acceptors (Lipinski definition) is 6. The Morgan fingerprint density at radius 3 is 2.96 bits per heavy atom. The molecule has 1 atom stereocenters. The molecular weight excluding hydrogens is 340 g/mol. The van der Waals surface area contributed by atoms with Gasteiger partial charge in [-0.3, -0.25) is 10.1 Å². The van der Waals surface area contributed by atoms with Crippen molar-refractivity contribution in [2.24, 2.45) is 7.05 Å². The topological polar surface area (TPSA) is 92.2 Å². The van der Waals surface area contributed by atoms with Crippen LogP contribution in [0.5, 0.6) is 0 Å². The fourth-order valence-electron chi connectivity index (χ4n) is 2.92. The molecule has 2 aromatic heterocycles. The van der Waals surface area contributed by atoms with Gasteiger partial charge in [0, 0.05) is 43.3 Å². The largest absolute Gasteiger partial charge is 0.350 e. The highest BCUT2D eigenvalue weighted by molar-refractivity contribution is 7.15. The molecule has 1 saturated heterocycles. The Kier molecular flexibility index (Phi) is 5.32. The third kappa shape index (κ3) is 4.36. The molecule has 0 saturated carbocycles. The summed E-state index contributed by atoms with van der Waals surface area (Å²) in [5.74, 6) is 0.768. The Balaban J connectivity index is 1.61. The maximum atomic E-state index is 12.1. The van der Waals surface area contributed by atoms with Gasteiger partial charge in [0.05, 0.1) is 0 Å². The molecule has 8 nitrogen and oxygen atoms in total. The molecule has 1 unspecified atom stereocenters. The Hall–Kier alpha value is -2.42. The number of hydrogen-bond donors (Lipinski definition) is 2. The first kappa shape index (κ1) is 17.4. The molecule has 1 fully saturated rings. The number of carbonyl (C=O) groups is 1. The third-order valence-electron chi connectivity index (χ3n) is 4.21. The van der Waals surface area contributed by atoms with E-state index in [1.54, 1.807) is 19.3 Å². The van der Waals surface area contributed by atoms with Crippen molar-refractivity contribution >= 4 is 28.3 Å². The van der Waals surface area contributed by atoms with E-state index in [0.29, 0.717) is 11.7 Å². The van der Waals surface area contributed by atoms with Gasteiger partial charge < -0.3 is 10.2 Å². The van der Waals surface area contributed by atoms with Crippen LogP contribution in [0.2, 0.25) is 0 Å². The summed E-state index contributed by atoms with van der Waals surface area (Å²) < 4.78 is 1.34. The predicted octanol–water partition coefficient (Wildman–Crippen LogP) is 1.73. The van der Waals surface area contributed by atoms with E-state index in [0.717, 1.165) is 36.5 Å². The van der Waals surface area contributed by atoms with Gasteiger partial charge in [-0.05, 0) is 32.3 Å². The summed E-state index contributed by atoms with van der Waals surface area (Å²) in [6.07, 6.45) is 4.89. The quantitative estimate of drug-likeness (QED) is 0.864. The van der Waals surface area contributed by atoms with E-state index in [1.165, 1.54) is 22.1 Å². The van der Waals surface area contributed by atoms with E-state index in [2.05, 4.69) is 25.6 Å². The van der Waals surface area contributed by atoms with E-state index >= 15 is 0 Å². The lowest BCUT2D eigenvalue weighted by Gasteiger charge is -2.36. The fraction of sp³-hybridized carbons (Fsp3) is 0.500. The van der Waals surface area contributed by atoms with Crippen molar-refractivity contribution in [3.8, 4) is 0 Å². The first-order valence-corrected chi connectivity index (χ1v) is 9.13. The van der Waals surface area contributed by atoms with Gasteiger partial charge in [0.1, 0.15) is 5.82 Å². The number of thiazole rings is 1. The normalized spacial score (nSPS) is 17.4. The van der Waals surface area contributed by atoms with E-state index in [9.17, 15) is 9.59 Å². The highest BCUT2D eigenvalue weighted by Crippen LogP contribution is 2.22. The molecule has 9 heteroatoms. The maximum Gasteiger partial charge on any atom is 0.321 e. The Labute approximate surface area is 149 Å². The summed E-state index contributed by atoms with van der Waals surface area (Å²) in [6, 6.07) is 3.17. The third-order valence-corrected chi connectivity index (χ3v) is 5.04. The number of amides is 2. The minimum absolute atomic E-state index is 0.131. The van der Waals surface area contributed by atoms with Gasteiger partial charge in [0.25, 0.3) is 5.56 Å². The van der Waals surface area contributed by atoms with Gasteiger partial charge in [-0.15, -0.1) is 11.3 Å². The van der Waals surface area contributed by atoms with E-state index < -0.39 is 0 Å². The summed E-state index contributed by atoms with van der Waals surface area (Å²) in [6.45, 7) is 3.33. The van der Waals surface area contributed by atoms with Gasteiger partial charge in [-0.1, -0.05) is 0 Å². The lowest BCUT2D eigenvalue weighted by molar-refractivity contribution is 0.250. The van der Waals surface area contributed by atoms with Crippen molar-refractivity contribution in [3.63, 3.8) is 0 Å². The van der Waals surface area contributed by atoms with Gasteiger partial charge in [-0.25, -0.2) is 14.5 Å². The molecular formula is C16H22N6O2S. The average molecular weight is 362 g/mol. The zero-order valence-corrected chi connectivity index (χ0v) is 15.2. The van der Waals surface area contributed by atoms with Crippen LogP contribution in [0, 0.1) is 6.92 Å². The highest BCUT2D eigenvalue weighted by Gasteiger charge is 2.24. The molecule has 2 N–H and O–H groups in total. The SMILES string of the molecule is Cc1cnc(NC(=O)NCC2CCCCN2c2ccc(=O)n(C)n2)s1. The standard InChI is InChI=1S/C16H22N6O2S/c1-11-9-18-16(25-11)19-15(24)17-10-12-5-3-4-8-22(12)13-6-7-14(23)21(2)20-13/h6-7,9,12H,3-5,8,10H2,1-2H3,(H2,17,18,19,24). The van der Waals surface area contributed by atoms with Gasteiger partial charge in [-0.2, -0.15) is 5.10 Å². The van der Waals surface area contributed by atoms with Crippen LogP contribution in [0.3, 0.4) is 0 Å². The van der Waals surface area contributed by atoms with Crippen molar-refractivity contribution in [1.82, 2.24) is 20.1 Å². The molecule has 2 aromatic rings. The van der Waals surface area contributed by atoms with Crippen LogP contribution in [0.4, 0.5) is 15.7 Å². The lowest BCUT2D eigenvalue weighted by atomic mass is 10.0. The Bertz CT molecular complexity index is 802. The van der Waals surface area contributed by atoms with E-state index in [4.69, 9.17) is 0 Å². The second kappa shape index (κ2) is 7.64. The number of rotatable bonds is 4. The summed E-state index contributed by atoms with van der Waals surface area (Å²) in [7, 11) is 1.65. The van der Waals surface area contributed by atoms with Crippen molar-refractivity contribution in [2.75, 3.05) is 23.3 Å². The van der Waals surface area contributed by atoms with Crippen LogP contribution >= 0.6 is 11.3 Å². The van der Waals surface area contributed by atoms with Crippen LogP contribution in [-0.4, -0.2) is 39.9 Å². The maximum absolute atomic E-state index is 12.1. The zero-order valence-electron chi connectivity index (χ0n) is 14.4. The molecule has 0 bridgehead atoms. The van der Waals surface area contributed by atoms with E-state index in [-0.39, 0.29) is 17.6 Å². The molecule has 0 radical (unpaired) electrons. The Morgan fingerprint density at radius 1 is 1.40 bits per heavy atom. The number of nitrogens with one attached hydrogen (secondary N) is 2. The molecule has 134 valence electrons. The molecule has 3 rings (SSSR count). The van der Waals surface area contributed by atoms with Crippen molar-refractivity contribution in [1.29, 1.82) is 0 Å². The van der Waals surface area contributed by atoms with Crippen LogP contribution in [0.25, 0.3) is 0 Å². The second-order valence-corrected chi connectivity index (χ2v) is 7.34. The van der Waals surface area contributed by atoms with Gasteiger partial charge in [0.15, 0.2) is 5.13 Å². The van der Waals surface area contributed by atoms with Crippen LogP contribution < -0.4 is 21.1 Å². The summed E-state index contributed by atoms with van der Waals surface area (Å²) in [5, 5.41) is 10.6. The summed E-state index contributed by atoms with van der Waals surface area (Å²) >= 11 is 1.44. The number of urea groups is 1. The van der Waals surface area contributed by atoms with Crippen LogP contribution in [0.15, 0.2) is 23.1 Å². The number of anilines is 2. The monoisotopic (exact) mass is 362 g/mol. The molecule has 2 amide bonds. The minimum atomic E-state index is -0.256. The molecule has 25 heavy (non-hydrogen) atoms.